The number of aryl methyl sites for hydroxylation is 1. The van der Waals surface area contributed by atoms with Crippen molar-refractivity contribution in [2.75, 3.05) is 14.1 Å². The van der Waals surface area contributed by atoms with Crippen molar-refractivity contribution in [2.45, 2.75) is 29.3 Å². The largest absolute Gasteiger partial charge is 0.333 e. The van der Waals surface area contributed by atoms with E-state index in [1.807, 2.05) is 6.92 Å². The zero-order valence-corrected chi connectivity index (χ0v) is 19.0. The average Bonchev–Trinajstić information content (AvgIpc) is 3.36. The molecule has 0 amide bonds. The van der Waals surface area contributed by atoms with E-state index in [1.54, 1.807) is 36.5 Å². The number of hydrogen-bond acceptors (Lipinski definition) is 5. The first kappa shape index (κ1) is 21.5. The van der Waals surface area contributed by atoms with Gasteiger partial charge in [0.15, 0.2) is 5.16 Å². The van der Waals surface area contributed by atoms with Gasteiger partial charge in [-0.3, -0.25) is 0 Å². The van der Waals surface area contributed by atoms with Crippen LogP contribution in [0.5, 0.6) is 0 Å². The lowest BCUT2D eigenvalue weighted by molar-refractivity contribution is 0.521. The van der Waals surface area contributed by atoms with Crippen LogP contribution >= 0.6 is 11.8 Å². The number of thioether (sulfide) groups is 1. The van der Waals surface area contributed by atoms with Gasteiger partial charge in [-0.05, 0) is 55.0 Å². The van der Waals surface area contributed by atoms with Crippen LogP contribution in [0.15, 0.2) is 58.7 Å². The predicted octanol–water partition coefficient (Wildman–Crippen LogP) is 4.13. The van der Waals surface area contributed by atoms with Gasteiger partial charge in [-0.2, -0.15) is 0 Å². The molecule has 7 nitrogen and oxygen atoms in total. The molecule has 0 aliphatic rings. The van der Waals surface area contributed by atoms with Gasteiger partial charge in [0.1, 0.15) is 11.6 Å². The Bertz CT molecular complexity index is 1330. The summed E-state index contributed by atoms with van der Waals surface area (Å²) in [6, 6.07) is 11.3. The highest BCUT2D eigenvalue weighted by Crippen LogP contribution is 2.27. The van der Waals surface area contributed by atoms with Gasteiger partial charge in [-0.25, -0.2) is 27.1 Å². The minimum absolute atomic E-state index is 0.222. The van der Waals surface area contributed by atoms with E-state index in [-0.39, 0.29) is 10.7 Å². The monoisotopic (exact) mass is 459 g/mol. The van der Waals surface area contributed by atoms with E-state index in [1.165, 1.54) is 42.3 Å². The van der Waals surface area contributed by atoms with E-state index in [0.717, 1.165) is 27.8 Å². The van der Waals surface area contributed by atoms with E-state index in [4.69, 9.17) is 0 Å². The molecule has 0 aliphatic carbocycles. The maximum Gasteiger partial charge on any atom is 0.242 e. The molecule has 0 aliphatic heterocycles. The van der Waals surface area contributed by atoms with Crippen LogP contribution in [0.4, 0.5) is 4.39 Å². The lowest BCUT2D eigenvalue weighted by atomic mass is 10.2. The molecule has 2 aromatic carbocycles. The number of nitrogens with one attached hydrogen (secondary N) is 1. The molecule has 0 fully saturated rings. The normalized spacial score (nSPS) is 12.2. The van der Waals surface area contributed by atoms with Gasteiger partial charge in [0.05, 0.1) is 33.6 Å². The molecule has 0 saturated heterocycles. The summed E-state index contributed by atoms with van der Waals surface area (Å²) in [6.07, 6.45) is 1.72. The number of sulfonamides is 1. The van der Waals surface area contributed by atoms with Crippen LogP contribution in [0.3, 0.4) is 0 Å². The van der Waals surface area contributed by atoms with Crippen molar-refractivity contribution in [3.63, 3.8) is 0 Å². The molecule has 0 spiro atoms. The lowest BCUT2D eigenvalue weighted by Gasteiger charge is -2.11. The van der Waals surface area contributed by atoms with Crippen molar-refractivity contribution in [3.8, 4) is 11.3 Å². The summed E-state index contributed by atoms with van der Waals surface area (Å²) < 4.78 is 41.3. The molecule has 4 rings (SSSR count). The number of aromatic nitrogens is 4. The van der Waals surface area contributed by atoms with Crippen LogP contribution in [0.1, 0.15) is 12.7 Å². The Hall–Kier alpha value is -2.69. The highest BCUT2D eigenvalue weighted by atomic mass is 32.2. The molecule has 2 aromatic heterocycles. The van der Waals surface area contributed by atoms with E-state index < -0.39 is 10.0 Å². The average molecular weight is 460 g/mol. The fraction of sp³-hybridized carbons (Fsp3) is 0.238. The van der Waals surface area contributed by atoms with Gasteiger partial charge < -0.3 is 9.55 Å². The molecule has 1 N–H and O–H groups in total. The summed E-state index contributed by atoms with van der Waals surface area (Å²) in [5.41, 5.74) is 3.20. The van der Waals surface area contributed by atoms with E-state index in [2.05, 4.69) is 19.5 Å². The van der Waals surface area contributed by atoms with Crippen molar-refractivity contribution in [2.24, 2.45) is 0 Å². The van der Waals surface area contributed by atoms with Crippen LogP contribution in [-0.4, -0.2) is 46.3 Å². The fourth-order valence-corrected chi connectivity index (χ4v) is 5.00. The van der Waals surface area contributed by atoms with Crippen LogP contribution < -0.4 is 0 Å². The van der Waals surface area contributed by atoms with E-state index >= 15 is 0 Å². The zero-order valence-electron chi connectivity index (χ0n) is 17.3. The SMILES string of the molecule is CCn1c(CSc2ncc(-c3ccc(F)cc3)[nH]2)nc2cc(S(=O)(=O)N(C)C)ccc21. The van der Waals surface area contributed by atoms with Gasteiger partial charge in [0, 0.05) is 20.6 Å². The Morgan fingerprint density at radius 1 is 1.16 bits per heavy atom. The van der Waals surface area contributed by atoms with Crippen LogP contribution in [0.2, 0.25) is 0 Å². The number of rotatable bonds is 7. The number of benzene rings is 2. The minimum Gasteiger partial charge on any atom is -0.333 e. The van der Waals surface area contributed by atoms with Crippen molar-refractivity contribution in [1.29, 1.82) is 0 Å². The summed E-state index contributed by atoms with van der Waals surface area (Å²) in [7, 11) is -0.500. The molecular formula is C21H22FN5O2S2. The van der Waals surface area contributed by atoms with Gasteiger partial charge >= 0.3 is 0 Å². The first-order valence-corrected chi connectivity index (χ1v) is 12.1. The summed E-state index contributed by atoms with van der Waals surface area (Å²) >= 11 is 1.50. The fourth-order valence-electron chi connectivity index (χ4n) is 3.28. The van der Waals surface area contributed by atoms with Crippen molar-refractivity contribution in [1.82, 2.24) is 23.8 Å². The number of aromatic amines is 1. The molecule has 162 valence electrons. The van der Waals surface area contributed by atoms with Crippen LogP contribution in [0.25, 0.3) is 22.3 Å². The smallest absolute Gasteiger partial charge is 0.242 e. The third-order valence-corrected chi connectivity index (χ3v) is 7.63. The summed E-state index contributed by atoms with van der Waals surface area (Å²) in [4.78, 5) is 12.5. The van der Waals surface area contributed by atoms with Crippen molar-refractivity contribution >= 4 is 32.8 Å². The number of nitrogens with zero attached hydrogens (tertiary/aromatic N) is 4. The van der Waals surface area contributed by atoms with E-state index in [9.17, 15) is 12.8 Å². The Kier molecular flexibility index (Phi) is 5.87. The van der Waals surface area contributed by atoms with Crippen LogP contribution in [-0.2, 0) is 22.3 Å². The summed E-state index contributed by atoms with van der Waals surface area (Å²) in [6.45, 7) is 2.74. The first-order chi connectivity index (χ1) is 14.8. The first-order valence-electron chi connectivity index (χ1n) is 9.65. The molecular weight excluding hydrogens is 437 g/mol. The molecule has 0 bridgehead atoms. The quantitative estimate of drug-likeness (QED) is 0.420. The Balaban J connectivity index is 1.58. The standard InChI is InChI=1S/C21H22FN5O2S2/c1-4-27-19-10-9-16(31(28,29)26(2)3)11-17(19)24-20(27)13-30-21-23-12-18(25-21)14-5-7-15(22)8-6-14/h5-12H,4,13H2,1-3H3,(H,23,25). The number of fused-ring (bicyclic) bond motifs is 1. The third kappa shape index (κ3) is 4.23. The van der Waals surface area contributed by atoms with Crippen molar-refractivity contribution < 1.29 is 12.8 Å². The second-order valence-corrected chi connectivity index (χ2v) is 10.2. The Labute approximate surface area is 184 Å². The van der Waals surface area contributed by atoms with Crippen LogP contribution in [0, 0.1) is 5.82 Å². The van der Waals surface area contributed by atoms with Crippen molar-refractivity contribution in [3.05, 3.63) is 60.3 Å². The molecule has 0 saturated carbocycles. The maximum absolute atomic E-state index is 13.1. The second kappa shape index (κ2) is 8.45. The molecule has 10 heteroatoms. The minimum atomic E-state index is -3.52. The number of halogens is 1. The number of H-pyrrole nitrogens is 1. The lowest BCUT2D eigenvalue weighted by Crippen LogP contribution is -2.22. The molecule has 0 radical (unpaired) electrons. The molecule has 0 unspecified atom stereocenters. The summed E-state index contributed by atoms with van der Waals surface area (Å²) in [5.74, 6) is 1.12. The van der Waals surface area contributed by atoms with E-state index in [0.29, 0.717) is 17.8 Å². The molecule has 0 atom stereocenters. The van der Waals surface area contributed by atoms with Gasteiger partial charge in [-0.15, -0.1) is 0 Å². The van der Waals surface area contributed by atoms with Gasteiger partial charge in [0.2, 0.25) is 10.0 Å². The van der Waals surface area contributed by atoms with Gasteiger partial charge in [-0.1, -0.05) is 11.8 Å². The van der Waals surface area contributed by atoms with Gasteiger partial charge in [0.25, 0.3) is 0 Å². The second-order valence-electron chi connectivity index (χ2n) is 7.11. The predicted molar refractivity (Wildman–Crippen MR) is 120 cm³/mol. The molecule has 4 aromatic rings. The Morgan fingerprint density at radius 3 is 2.58 bits per heavy atom. The molecule has 2 heterocycles. The third-order valence-electron chi connectivity index (χ3n) is 4.94. The highest BCUT2D eigenvalue weighted by Gasteiger charge is 2.19. The molecule has 31 heavy (non-hydrogen) atoms. The maximum atomic E-state index is 13.1. The number of imidazole rings is 2. The Morgan fingerprint density at radius 2 is 1.90 bits per heavy atom. The topological polar surface area (TPSA) is 83.9 Å². The summed E-state index contributed by atoms with van der Waals surface area (Å²) in [5, 5.41) is 0.727. The number of hydrogen-bond donors (Lipinski definition) is 1. The highest BCUT2D eigenvalue weighted by molar-refractivity contribution is 7.98. The zero-order chi connectivity index (χ0) is 22.2.